The van der Waals surface area contributed by atoms with Crippen molar-refractivity contribution in [2.24, 2.45) is 0 Å². The van der Waals surface area contributed by atoms with Crippen molar-refractivity contribution in [3.8, 4) is 0 Å². The quantitative estimate of drug-likeness (QED) is 0.457. The van der Waals surface area contributed by atoms with Crippen molar-refractivity contribution in [3.05, 3.63) is 0 Å². The van der Waals surface area contributed by atoms with E-state index in [4.69, 9.17) is 23.2 Å². The van der Waals surface area contributed by atoms with E-state index in [2.05, 4.69) is 0 Å². The summed E-state index contributed by atoms with van der Waals surface area (Å²) >= 11 is 13.5. The average Bonchev–Trinajstić information content (AvgIpc) is 2.14. The smallest absolute Gasteiger partial charge is 0.231 e. The standard InChI is InChI=1S/C9H14Cl2O2S2/c10-8(12)6-14-4-2-1-3-5-15-7-9(11)13/h1-7H2. The third kappa shape index (κ3) is 14.6. The zero-order chi connectivity index (χ0) is 11.5. The zero-order valence-electron chi connectivity index (χ0n) is 8.34. The molecule has 0 aromatic carbocycles. The summed E-state index contributed by atoms with van der Waals surface area (Å²) in [5.74, 6) is 2.74. The fourth-order valence-electron chi connectivity index (χ4n) is 0.890. The summed E-state index contributed by atoms with van der Waals surface area (Å²) in [5.41, 5.74) is 0. The van der Waals surface area contributed by atoms with E-state index in [1.165, 1.54) is 0 Å². The summed E-state index contributed by atoms with van der Waals surface area (Å²) < 4.78 is 0. The molecule has 15 heavy (non-hydrogen) atoms. The Balaban J connectivity index is 2.99. The first kappa shape index (κ1) is 15.6. The molecule has 0 spiro atoms. The molecule has 0 radical (unpaired) electrons. The third-order valence-corrected chi connectivity index (χ3v) is 4.18. The highest BCUT2D eigenvalue weighted by molar-refractivity contribution is 8.00. The summed E-state index contributed by atoms with van der Waals surface area (Å²) in [6, 6.07) is 0. The Hall–Kier alpha value is 0.620. The van der Waals surface area contributed by atoms with Crippen LogP contribution in [0.15, 0.2) is 0 Å². The molecule has 0 heterocycles. The maximum Gasteiger partial charge on any atom is 0.231 e. The minimum absolute atomic E-state index is 0.281. The summed E-state index contributed by atoms with van der Waals surface area (Å²) in [6.07, 6.45) is 3.29. The molecule has 0 saturated carbocycles. The maximum atomic E-state index is 10.4. The number of hydrogen-bond donors (Lipinski definition) is 0. The Labute approximate surface area is 109 Å². The van der Waals surface area contributed by atoms with Crippen LogP contribution in [0, 0.1) is 0 Å². The van der Waals surface area contributed by atoms with Crippen LogP contribution in [0.4, 0.5) is 0 Å². The molecule has 0 fully saturated rings. The van der Waals surface area contributed by atoms with Crippen LogP contribution in [0.5, 0.6) is 0 Å². The first-order valence-electron chi connectivity index (χ1n) is 4.65. The van der Waals surface area contributed by atoms with E-state index in [0.717, 1.165) is 30.8 Å². The first-order valence-corrected chi connectivity index (χ1v) is 7.71. The molecule has 0 amide bonds. The summed E-state index contributed by atoms with van der Waals surface area (Å²) in [4.78, 5) is 20.8. The maximum absolute atomic E-state index is 10.4. The van der Waals surface area contributed by atoms with E-state index < -0.39 is 0 Å². The van der Waals surface area contributed by atoms with Gasteiger partial charge in [0.15, 0.2) is 0 Å². The normalized spacial score (nSPS) is 10.3. The second-order valence-corrected chi connectivity index (χ2v) is 5.93. The van der Waals surface area contributed by atoms with Crippen LogP contribution in [-0.2, 0) is 9.59 Å². The molecular formula is C9H14Cl2O2S2. The fourth-order valence-corrected chi connectivity index (χ4v) is 2.78. The van der Waals surface area contributed by atoms with Crippen LogP contribution in [0.3, 0.4) is 0 Å². The van der Waals surface area contributed by atoms with Crippen LogP contribution in [-0.4, -0.2) is 33.5 Å². The summed E-state index contributed by atoms with van der Waals surface area (Å²) in [5, 5.41) is -0.563. The summed E-state index contributed by atoms with van der Waals surface area (Å²) in [6.45, 7) is 0. The van der Waals surface area contributed by atoms with Crippen molar-refractivity contribution in [2.75, 3.05) is 23.0 Å². The van der Waals surface area contributed by atoms with E-state index in [1.807, 2.05) is 0 Å². The van der Waals surface area contributed by atoms with Crippen LogP contribution < -0.4 is 0 Å². The minimum Gasteiger partial charge on any atom is -0.280 e. The van der Waals surface area contributed by atoms with Gasteiger partial charge < -0.3 is 0 Å². The van der Waals surface area contributed by atoms with Crippen LogP contribution in [0.25, 0.3) is 0 Å². The fraction of sp³-hybridized carbons (Fsp3) is 0.778. The van der Waals surface area contributed by atoms with Gasteiger partial charge in [-0.25, -0.2) is 0 Å². The molecule has 0 aromatic heterocycles. The van der Waals surface area contributed by atoms with Gasteiger partial charge in [-0.3, -0.25) is 9.59 Å². The molecule has 0 aromatic rings. The highest BCUT2D eigenvalue weighted by Crippen LogP contribution is 2.10. The molecule has 0 aliphatic carbocycles. The Bertz CT molecular complexity index is 181. The molecule has 0 saturated heterocycles. The molecular weight excluding hydrogens is 275 g/mol. The van der Waals surface area contributed by atoms with Crippen molar-refractivity contribution in [1.82, 2.24) is 0 Å². The van der Waals surface area contributed by atoms with Crippen LogP contribution in [0.2, 0.25) is 0 Å². The van der Waals surface area contributed by atoms with Crippen LogP contribution in [0.1, 0.15) is 19.3 Å². The number of carbonyl (C=O) groups excluding carboxylic acids is 2. The van der Waals surface area contributed by atoms with Gasteiger partial charge >= 0.3 is 0 Å². The average molecular weight is 289 g/mol. The Morgan fingerprint density at radius 1 is 0.800 bits per heavy atom. The lowest BCUT2D eigenvalue weighted by Crippen LogP contribution is -1.93. The lowest BCUT2D eigenvalue weighted by molar-refractivity contribution is -0.110. The number of unbranched alkanes of at least 4 members (excludes halogenated alkanes) is 2. The van der Waals surface area contributed by atoms with Gasteiger partial charge in [-0.05, 0) is 47.5 Å². The molecule has 0 aliphatic heterocycles. The molecule has 0 aliphatic rings. The van der Waals surface area contributed by atoms with Gasteiger partial charge in [-0.15, -0.1) is 0 Å². The highest BCUT2D eigenvalue weighted by atomic mass is 35.5. The Kier molecular flexibility index (Phi) is 11.6. The van der Waals surface area contributed by atoms with Gasteiger partial charge in [0.1, 0.15) is 0 Å². The number of halogens is 2. The molecule has 0 unspecified atom stereocenters. The largest absolute Gasteiger partial charge is 0.280 e. The van der Waals surface area contributed by atoms with Crippen molar-refractivity contribution >= 4 is 57.2 Å². The second kappa shape index (κ2) is 11.1. The number of carbonyl (C=O) groups is 2. The molecule has 0 atom stereocenters. The van der Waals surface area contributed by atoms with E-state index in [1.54, 1.807) is 23.5 Å². The van der Waals surface area contributed by atoms with Gasteiger partial charge in [0.05, 0.1) is 11.5 Å². The Morgan fingerprint density at radius 3 is 1.53 bits per heavy atom. The van der Waals surface area contributed by atoms with E-state index in [-0.39, 0.29) is 10.5 Å². The number of rotatable bonds is 10. The SMILES string of the molecule is O=C(Cl)CSCCCCCSCC(=O)Cl. The molecule has 0 rings (SSSR count). The minimum atomic E-state index is -0.281. The van der Waals surface area contributed by atoms with E-state index >= 15 is 0 Å². The second-order valence-electron chi connectivity index (χ2n) is 2.88. The van der Waals surface area contributed by atoms with Crippen molar-refractivity contribution in [1.29, 1.82) is 0 Å². The number of thioether (sulfide) groups is 2. The van der Waals surface area contributed by atoms with Gasteiger partial charge in [0.2, 0.25) is 10.5 Å². The lowest BCUT2D eigenvalue weighted by atomic mass is 10.3. The van der Waals surface area contributed by atoms with Crippen LogP contribution >= 0.6 is 46.7 Å². The van der Waals surface area contributed by atoms with E-state index in [0.29, 0.717) is 11.5 Å². The summed E-state index contributed by atoms with van der Waals surface area (Å²) in [7, 11) is 0. The number of hydrogen-bond acceptors (Lipinski definition) is 4. The molecule has 88 valence electrons. The predicted molar refractivity (Wildman–Crippen MR) is 70.2 cm³/mol. The third-order valence-electron chi connectivity index (χ3n) is 1.51. The van der Waals surface area contributed by atoms with Gasteiger partial charge in [-0.2, -0.15) is 23.5 Å². The molecule has 0 N–H and O–H groups in total. The monoisotopic (exact) mass is 288 g/mol. The van der Waals surface area contributed by atoms with E-state index in [9.17, 15) is 9.59 Å². The first-order chi connectivity index (χ1) is 7.13. The van der Waals surface area contributed by atoms with Crippen molar-refractivity contribution < 1.29 is 9.59 Å². The Morgan fingerprint density at radius 2 is 1.20 bits per heavy atom. The topological polar surface area (TPSA) is 34.1 Å². The van der Waals surface area contributed by atoms with Gasteiger partial charge in [0.25, 0.3) is 0 Å². The zero-order valence-corrected chi connectivity index (χ0v) is 11.5. The predicted octanol–water partition coefficient (Wildman–Crippen LogP) is 3.15. The molecule has 0 bridgehead atoms. The van der Waals surface area contributed by atoms with Crippen molar-refractivity contribution in [2.45, 2.75) is 19.3 Å². The lowest BCUT2D eigenvalue weighted by Gasteiger charge is -1.99. The molecule has 2 nitrogen and oxygen atoms in total. The highest BCUT2D eigenvalue weighted by Gasteiger charge is 1.97. The van der Waals surface area contributed by atoms with Gasteiger partial charge in [-0.1, -0.05) is 6.42 Å². The van der Waals surface area contributed by atoms with Crippen molar-refractivity contribution in [3.63, 3.8) is 0 Å². The van der Waals surface area contributed by atoms with Gasteiger partial charge in [0, 0.05) is 0 Å². The molecule has 6 heteroatoms.